The molecule has 0 heterocycles. The Kier molecular flexibility index (Phi) is 8.13. The van der Waals surface area contributed by atoms with Gasteiger partial charge in [-0.25, -0.2) is 13.2 Å². The molecule has 0 spiro atoms. The first-order chi connectivity index (χ1) is 13.7. The number of hydrogen-bond donors (Lipinski definition) is 1. The molecule has 1 atom stereocenters. The summed E-state index contributed by atoms with van der Waals surface area (Å²) in [6.45, 7) is 5.79. The lowest BCUT2D eigenvalue weighted by Crippen LogP contribution is -2.21. The normalized spacial score (nSPS) is 12.0. The van der Waals surface area contributed by atoms with E-state index in [2.05, 4.69) is 5.32 Å². The van der Waals surface area contributed by atoms with Crippen LogP contribution in [0.1, 0.15) is 37.6 Å². The topological polar surface area (TPSA) is 55.4 Å². The molecule has 156 valence electrons. The highest BCUT2D eigenvalue weighted by Crippen LogP contribution is 2.32. The minimum atomic E-state index is -0.980. The standard InChI is InChI=1S/C21H22F3NO3S/c1-4-18(21(27)28-11-12(2)3)29-19-10-17(15(23)9-16(19)24)25-20(26)13-6-5-7-14(22)8-13/h5-10,12,18H,4,11H2,1-3H3,(H,25,26). The van der Waals surface area contributed by atoms with Crippen LogP contribution in [0.15, 0.2) is 41.3 Å². The van der Waals surface area contributed by atoms with E-state index < -0.39 is 34.6 Å². The number of anilines is 1. The van der Waals surface area contributed by atoms with Gasteiger partial charge in [-0.1, -0.05) is 26.8 Å². The number of ether oxygens (including phenoxy) is 1. The average molecular weight is 425 g/mol. The molecule has 2 aromatic rings. The second kappa shape index (κ2) is 10.3. The van der Waals surface area contributed by atoms with Gasteiger partial charge >= 0.3 is 5.97 Å². The van der Waals surface area contributed by atoms with E-state index >= 15 is 0 Å². The summed E-state index contributed by atoms with van der Waals surface area (Å²) in [6, 6.07) is 6.65. The Balaban J connectivity index is 2.19. The molecule has 4 nitrogen and oxygen atoms in total. The summed E-state index contributed by atoms with van der Waals surface area (Å²) >= 11 is 0.896. The Morgan fingerprint density at radius 2 is 1.83 bits per heavy atom. The lowest BCUT2D eigenvalue weighted by atomic mass is 10.2. The zero-order valence-electron chi connectivity index (χ0n) is 16.3. The fourth-order valence-corrected chi connectivity index (χ4v) is 3.33. The van der Waals surface area contributed by atoms with Crippen molar-refractivity contribution >= 4 is 29.3 Å². The van der Waals surface area contributed by atoms with Crippen LogP contribution >= 0.6 is 11.8 Å². The lowest BCUT2D eigenvalue weighted by Gasteiger charge is -2.16. The highest BCUT2D eigenvalue weighted by Gasteiger charge is 2.23. The van der Waals surface area contributed by atoms with Crippen LogP contribution in [0.2, 0.25) is 0 Å². The molecule has 0 radical (unpaired) electrons. The van der Waals surface area contributed by atoms with Crippen LogP contribution in [-0.4, -0.2) is 23.7 Å². The smallest absolute Gasteiger partial charge is 0.319 e. The monoisotopic (exact) mass is 425 g/mol. The highest BCUT2D eigenvalue weighted by molar-refractivity contribution is 8.00. The van der Waals surface area contributed by atoms with Gasteiger partial charge in [0.15, 0.2) is 0 Å². The van der Waals surface area contributed by atoms with E-state index in [-0.39, 0.29) is 28.7 Å². The summed E-state index contributed by atoms with van der Waals surface area (Å²) in [5.74, 6) is -3.51. The molecule has 0 saturated carbocycles. The van der Waals surface area contributed by atoms with Crippen LogP contribution < -0.4 is 5.32 Å². The third kappa shape index (κ3) is 6.52. The molecule has 0 saturated heterocycles. The molecular formula is C21H22F3NO3S. The molecule has 0 fully saturated rings. The van der Waals surface area contributed by atoms with Crippen LogP contribution in [-0.2, 0) is 9.53 Å². The lowest BCUT2D eigenvalue weighted by molar-refractivity contribution is -0.144. The van der Waals surface area contributed by atoms with Crippen LogP contribution in [0.3, 0.4) is 0 Å². The second-order valence-corrected chi connectivity index (χ2v) is 8.01. The quantitative estimate of drug-likeness (QED) is 0.453. The highest BCUT2D eigenvalue weighted by atomic mass is 32.2. The molecule has 0 aromatic heterocycles. The Labute approximate surface area is 171 Å². The predicted octanol–water partition coefficient (Wildman–Crippen LogP) is 5.43. The molecule has 0 aliphatic heterocycles. The second-order valence-electron chi connectivity index (χ2n) is 6.77. The number of amides is 1. The number of esters is 1. The first-order valence-electron chi connectivity index (χ1n) is 9.10. The van der Waals surface area contributed by atoms with Crippen molar-refractivity contribution in [2.45, 2.75) is 37.3 Å². The van der Waals surface area contributed by atoms with Gasteiger partial charge in [-0.3, -0.25) is 9.59 Å². The zero-order chi connectivity index (χ0) is 21.6. The molecule has 2 rings (SSSR count). The van der Waals surface area contributed by atoms with Crippen molar-refractivity contribution < 1.29 is 27.5 Å². The number of halogens is 3. The van der Waals surface area contributed by atoms with Gasteiger partial charge in [-0.05, 0) is 36.6 Å². The van der Waals surface area contributed by atoms with E-state index in [1.54, 1.807) is 6.92 Å². The minimum Gasteiger partial charge on any atom is -0.465 e. The molecule has 1 N–H and O–H groups in total. The van der Waals surface area contributed by atoms with Crippen molar-refractivity contribution in [3.8, 4) is 0 Å². The van der Waals surface area contributed by atoms with Gasteiger partial charge in [-0.2, -0.15) is 0 Å². The van der Waals surface area contributed by atoms with Crippen molar-refractivity contribution in [2.24, 2.45) is 5.92 Å². The maximum absolute atomic E-state index is 14.2. The number of nitrogens with one attached hydrogen (secondary N) is 1. The van der Waals surface area contributed by atoms with Crippen molar-refractivity contribution in [2.75, 3.05) is 11.9 Å². The molecule has 8 heteroatoms. The van der Waals surface area contributed by atoms with E-state index in [1.807, 2.05) is 13.8 Å². The fourth-order valence-electron chi connectivity index (χ4n) is 2.33. The maximum Gasteiger partial charge on any atom is 0.319 e. The number of thioether (sulfide) groups is 1. The molecule has 1 amide bonds. The Morgan fingerprint density at radius 3 is 2.45 bits per heavy atom. The molecular weight excluding hydrogens is 403 g/mol. The Bertz CT molecular complexity index is 889. The van der Waals surface area contributed by atoms with Crippen molar-refractivity contribution in [1.82, 2.24) is 0 Å². The third-order valence-electron chi connectivity index (χ3n) is 3.82. The Hall–Kier alpha value is -2.48. The first kappa shape index (κ1) is 22.8. The number of benzene rings is 2. The summed E-state index contributed by atoms with van der Waals surface area (Å²) < 4.78 is 46.9. The van der Waals surface area contributed by atoms with Gasteiger partial charge in [0.1, 0.15) is 22.7 Å². The van der Waals surface area contributed by atoms with Gasteiger partial charge in [0.05, 0.1) is 12.3 Å². The summed E-state index contributed by atoms with van der Waals surface area (Å²) in [5, 5.41) is 1.63. The van der Waals surface area contributed by atoms with E-state index in [4.69, 9.17) is 4.74 Å². The largest absolute Gasteiger partial charge is 0.465 e. The third-order valence-corrected chi connectivity index (χ3v) is 5.20. The minimum absolute atomic E-state index is 0.00529. The molecule has 1 unspecified atom stereocenters. The van der Waals surface area contributed by atoms with Crippen LogP contribution in [0.5, 0.6) is 0 Å². The van der Waals surface area contributed by atoms with E-state index in [1.165, 1.54) is 18.2 Å². The summed E-state index contributed by atoms with van der Waals surface area (Å²) in [5.41, 5.74) is -0.278. The molecule has 0 bridgehead atoms. The summed E-state index contributed by atoms with van der Waals surface area (Å²) in [7, 11) is 0. The van der Waals surface area contributed by atoms with Gasteiger partial charge in [0.2, 0.25) is 0 Å². The summed E-state index contributed by atoms with van der Waals surface area (Å²) in [6.07, 6.45) is 0.378. The molecule has 0 aliphatic carbocycles. The summed E-state index contributed by atoms with van der Waals surface area (Å²) in [4.78, 5) is 24.4. The van der Waals surface area contributed by atoms with Crippen LogP contribution in [0.4, 0.5) is 18.9 Å². The molecule has 29 heavy (non-hydrogen) atoms. The molecule has 2 aromatic carbocycles. The van der Waals surface area contributed by atoms with Crippen molar-refractivity contribution in [3.05, 3.63) is 59.4 Å². The average Bonchev–Trinajstić information content (AvgIpc) is 2.67. The van der Waals surface area contributed by atoms with Crippen molar-refractivity contribution in [1.29, 1.82) is 0 Å². The van der Waals surface area contributed by atoms with Crippen LogP contribution in [0, 0.1) is 23.4 Å². The van der Waals surface area contributed by atoms with Gasteiger partial charge in [0.25, 0.3) is 5.91 Å². The van der Waals surface area contributed by atoms with Crippen molar-refractivity contribution in [3.63, 3.8) is 0 Å². The number of carbonyl (C=O) groups excluding carboxylic acids is 2. The fraction of sp³-hybridized carbons (Fsp3) is 0.333. The van der Waals surface area contributed by atoms with E-state index in [9.17, 15) is 22.8 Å². The van der Waals surface area contributed by atoms with Gasteiger partial charge in [0, 0.05) is 16.5 Å². The predicted molar refractivity (Wildman–Crippen MR) is 106 cm³/mol. The van der Waals surface area contributed by atoms with Gasteiger partial charge in [-0.15, -0.1) is 11.8 Å². The van der Waals surface area contributed by atoms with Crippen LogP contribution in [0.25, 0.3) is 0 Å². The Morgan fingerprint density at radius 1 is 1.10 bits per heavy atom. The molecule has 0 aliphatic rings. The van der Waals surface area contributed by atoms with E-state index in [0.717, 1.165) is 23.9 Å². The SMILES string of the molecule is CCC(Sc1cc(NC(=O)c2cccc(F)c2)c(F)cc1F)C(=O)OCC(C)C. The first-order valence-corrected chi connectivity index (χ1v) is 9.98. The maximum atomic E-state index is 14.2. The number of carbonyl (C=O) groups is 2. The zero-order valence-corrected chi connectivity index (χ0v) is 17.1. The number of rotatable bonds is 8. The number of hydrogen-bond acceptors (Lipinski definition) is 4. The van der Waals surface area contributed by atoms with Gasteiger partial charge < -0.3 is 10.1 Å². The van der Waals surface area contributed by atoms with E-state index in [0.29, 0.717) is 12.5 Å².